The van der Waals surface area contributed by atoms with E-state index in [0.717, 1.165) is 11.8 Å². The number of rotatable bonds is 7. The summed E-state index contributed by atoms with van der Waals surface area (Å²) in [5.74, 6) is -1.25. The molecule has 0 aliphatic rings. The van der Waals surface area contributed by atoms with Gasteiger partial charge in [0.2, 0.25) is 5.16 Å². The molecule has 0 saturated heterocycles. The van der Waals surface area contributed by atoms with E-state index in [4.69, 9.17) is 9.84 Å². The predicted molar refractivity (Wildman–Crippen MR) is 78.7 cm³/mol. The van der Waals surface area contributed by atoms with Crippen LogP contribution in [0.15, 0.2) is 17.3 Å². The molecule has 0 saturated carbocycles. The molecule has 0 fully saturated rings. The van der Waals surface area contributed by atoms with Crippen LogP contribution in [-0.2, 0) is 9.63 Å². The van der Waals surface area contributed by atoms with Crippen LogP contribution in [0.1, 0.15) is 0 Å². The zero-order chi connectivity index (χ0) is 17.0. The molecule has 0 amide bonds. The van der Waals surface area contributed by atoms with Gasteiger partial charge in [0.05, 0.1) is 29.4 Å². The quantitative estimate of drug-likeness (QED) is 0.503. The maximum atomic E-state index is 11.6. The van der Waals surface area contributed by atoms with Gasteiger partial charge in [-0.2, -0.15) is 0 Å². The van der Waals surface area contributed by atoms with Crippen molar-refractivity contribution in [1.29, 1.82) is 0 Å². The number of carboxylic acid groups (broad SMARTS) is 1. The third-order valence-electron chi connectivity index (χ3n) is 2.70. The van der Waals surface area contributed by atoms with E-state index in [0.29, 0.717) is 0 Å². The molecule has 1 aromatic carbocycles. The zero-order valence-corrected chi connectivity index (χ0v) is 13.0. The number of benzene rings is 1. The van der Waals surface area contributed by atoms with Crippen LogP contribution in [0.2, 0.25) is 0 Å². The second-order valence-corrected chi connectivity index (χ2v) is 5.08. The van der Waals surface area contributed by atoms with E-state index in [2.05, 4.69) is 20.0 Å². The van der Waals surface area contributed by atoms with Gasteiger partial charge in [-0.15, -0.1) is 5.10 Å². The molecule has 2 aromatic rings. The van der Waals surface area contributed by atoms with Crippen LogP contribution in [0, 0.1) is 4.91 Å². The lowest BCUT2D eigenvalue weighted by atomic mass is 10.1. The van der Waals surface area contributed by atoms with E-state index in [1.54, 1.807) is 0 Å². The molecule has 0 spiro atoms. The predicted octanol–water partition coefficient (Wildman–Crippen LogP) is 1.33. The summed E-state index contributed by atoms with van der Waals surface area (Å²) in [5.41, 5.74) is 0.236. The van der Waals surface area contributed by atoms with Gasteiger partial charge in [-0.05, 0) is 0 Å². The molecule has 0 radical (unpaired) electrons. The largest absolute Gasteiger partial charge is 0.504 e. The van der Waals surface area contributed by atoms with Crippen molar-refractivity contribution in [3.63, 3.8) is 0 Å². The SMILES string of the molecule is COc1cc([N+](=O)OC)cc(-c2nc(SCC(=O)O)n[nH]2)c1O. The number of aromatic nitrogens is 3. The van der Waals surface area contributed by atoms with Crippen LogP contribution in [-0.4, -0.2) is 56.3 Å². The van der Waals surface area contributed by atoms with Crippen molar-refractivity contribution >= 4 is 23.4 Å². The fourth-order valence-corrected chi connectivity index (χ4v) is 2.22. The number of H-pyrrole nitrogens is 1. The molecule has 0 unspecified atom stereocenters. The van der Waals surface area contributed by atoms with Crippen molar-refractivity contribution in [2.24, 2.45) is 0 Å². The lowest BCUT2D eigenvalue weighted by Gasteiger charge is -2.06. The molecule has 11 heteroatoms. The summed E-state index contributed by atoms with van der Waals surface area (Å²) in [7, 11) is 2.53. The molecule has 10 nitrogen and oxygen atoms in total. The van der Waals surface area contributed by atoms with Gasteiger partial charge in [-0.3, -0.25) is 9.89 Å². The van der Waals surface area contributed by atoms with Gasteiger partial charge in [0, 0.05) is 6.07 Å². The molecule has 1 heterocycles. The number of ether oxygens (including phenoxy) is 1. The standard InChI is InChI=1S/C12H12N4O6S/c1-21-8-4-6(16(20)22-2)3-7(10(8)19)11-13-12(15-14-11)23-5-9(17)18/h3-4H,5H2,1-2H3,(H2-,13,14,15,17,18,19,20)/p+1. The molecular formula is C12H13N4O6S+. The van der Waals surface area contributed by atoms with Crippen molar-refractivity contribution in [3.05, 3.63) is 17.0 Å². The van der Waals surface area contributed by atoms with Crippen molar-refractivity contribution < 1.29 is 29.5 Å². The van der Waals surface area contributed by atoms with Crippen LogP contribution in [0.5, 0.6) is 11.5 Å². The Kier molecular flexibility index (Phi) is 5.01. The van der Waals surface area contributed by atoms with Crippen LogP contribution in [0.25, 0.3) is 11.4 Å². The highest BCUT2D eigenvalue weighted by Gasteiger charge is 2.24. The van der Waals surface area contributed by atoms with E-state index < -0.39 is 5.97 Å². The van der Waals surface area contributed by atoms with Crippen LogP contribution < -0.4 is 4.74 Å². The first kappa shape index (κ1) is 16.5. The Morgan fingerprint density at radius 3 is 2.78 bits per heavy atom. The average molecular weight is 341 g/mol. The van der Waals surface area contributed by atoms with Crippen LogP contribution in [0.3, 0.4) is 0 Å². The number of hydrogen-bond acceptors (Lipinski definition) is 8. The maximum absolute atomic E-state index is 11.6. The highest BCUT2D eigenvalue weighted by atomic mass is 32.2. The minimum atomic E-state index is -1.00. The van der Waals surface area contributed by atoms with Gasteiger partial charge in [0.25, 0.3) is 4.92 Å². The summed E-state index contributed by atoms with van der Waals surface area (Å²) >= 11 is 0.912. The Morgan fingerprint density at radius 2 is 2.17 bits per heavy atom. The van der Waals surface area contributed by atoms with E-state index in [1.165, 1.54) is 26.4 Å². The molecule has 23 heavy (non-hydrogen) atoms. The summed E-state index contributed by atoms with van der Waals surface area (Å²) in [6, 6.07) is 2.63. The molecule has 0 bridgehead atoms. The van der Waals surface area contributed by atoms with E-state index in [-0.39, 0.29) is 44.4 Å². The van der Waals surface area contributed by atoms with Crippen molar-refractivity contribution in [2.45, 2.75) is 5.16 Å². The summed E-state index contributed by atoms with van der Waals surface area (Å²) in [5, 5.41) is 25.4. The minimum absolute atomic E-state index is 0.0477. The van der Waals surface area contributed by atoms with Gasteiger partial charge in [-0.1, -0.05) is 11.8 Å². The molecule has 3 N–H and O–H groups in total. The fraction of sp³-hybridized carbons (Fsp3) is 0.250. The zero-order valence-electron chi connectivity index (χ0n) is 12.1. The lowest BCUT2D eigenvalue weighted by Crippen LogP contribution is -1.99. The number of nitrogens with zero attached hydrogens (tertiary/aromatic N) is 3. The average Bonchev–Trinajstić information content (AvgIpc) is 3.01. The number of hydrogen-bond donors (Lipinski definition) is 3. The molecular weight excluding hydrogens is 328 g/mol. The molecule has 1 aromatic heterocycles. The van der Waals surface area contributed by atoms with Crippen LogP contribution >= 0.6 is 11.8 Å². The molecule has 2 rings (SSSR count). The molecule has 0 atom stereocenters. The van der Waals surface area contributed by atoms with Crippen molar-refractivity contribution in [2.75, 3.05) is 20.0 Å². The van der Waals surface area contributed by atoms with Gasteiger partial charge in [-0.25, -0.2) is 9.82 Å². The smallest absolute Gasteiger partial charge is 0.321 e. The third-order valence-corrected chi connectivity index (χ3v) is 3.53. The number of thioether (sulfide) groups is 1. The first-order valence-electron chi connectivity index (χ1n) is 6.16. The highest BCUT2D eigenvalue weighted by molar-refractivity contribution is 7.99. The number of aliphatic carboxylic acids is 1. The second kappa shape index (κ2) is 6.96. The van der Waals surface area contributed by atoms with Crippen LogP contribution in [0.4, 0.5) is 5.69 Å². The number of nitrogens with one attached hydrogen (secondary N) is 1. The normalized spacial score (nSPS) is 10.3. The highest BCUT2D eigenvalue weighted by Crippen LogP contribution is 2.39. The first-order chi connectivity index (χ1) is 11.0. The maximum Gasteiger partial charge on any atom is 0.321 e. The molecule has 0 aliphatic carbocycles. The summed E-state index contributed by atoms with van der Waals surface area (Å²) in [6.07, 6.45) is 0. The molecule has 0 aliphatic heterocycles. The number of carboxylic acids is 1. The van der Waals surface area contributed by atoms with Gasteiger partial charge in [0.15, 0.2) is 24.4 Å². The van der Waals surface area contributed by atoms with E-state index in [9.17, 15) is 14.8 Å². The summed E-state index contributed by atoms with van der Waals surface area (Å²) < 4.78 is 5.01. The number of aromatic hydroxyl groups is 1. The Balaban J connectivity index is 2.41. The lowest BCUT2D eigenvalue weighted by molar-refractivity contribution is -0.736. The number of phenols is 1. The van der Waals surface area contributed by atoms with E-state index in [1.807, 2.05) is 0 Å². The summed E-state index contributed by atoms with van der Waals surface area (Å²) in [6.45, 7) is 0. The number of phenolic OH excluding ortho intramolecular Hbond substituents is 1. The molecule has 122 valence electrons. The first-order valence-corrected chi connectivity index (χ1v) is 7.14. The Morgan fingerprint density at radius 1 is 1.43 bits per heavy atom. The number of carbonyl (C=O) groups is 1. The number of aromatic amines is 1. The van der Waals surface area contributed by atoms with Crippen molar-refractivity contribution in [3.8, 4) is 22.9 Å². The van der Waals surface area contributed by atoms with Gasteiger partial charge in [0.1, 0.15) is 0 Å². The third kappa shape index (κ3) is 3.69. The summed E-state index contributed by atoms with van der Waals surface area (Å²) in [4.78, 5) is 31.0. The van der Waals surface area contributed by atoms with Gasteiger partial charge >= 0.3 is 11.7 Å². The monoisotopic (exact) mass is 341 g/mol. The Labute approximate surface area is 134 Å². The number of methoxy groups -OCH3 is 1. The minimum Gasteiger partial charge on any atom is -0.504 e. The topological polar surface area (TPSA) is 138 Å². The Bertz CT molecular complexity index is 747. The Hall–Kier alpha value is -2.82. The van der Waals surface area contributed by atoms with Crippen molar-refractivity contribution in [1.82, 2.24) is 15.2 Å². The van der Waals surface area contributed by atoms with Gasteiger partial charge < -0.3 is 14.9 Å². The fourth-order valence-electron chi connectivity index (χ4n) is 1.70. The van der Waals surface area contributed by atoms with E-state index >= 15 is 0 Å². The second-order valence-electron chi connectivity index (χ2n) is 4.13.